The van der Waals surface area contributed by atoms with Gasteiger partial charge in [0.15, 0.2) is 11.5 Å². The van der Waals surface area contributed by atoms with Gasteiger partial charge in [-0.3, -0.25) is 28.8 Å². The number of ether oxygens (including phenoxy) is 2. The van der Waals surface area contributed by atoms with Crippen LogP contribution >= 0.6 is 0 Å². The quantitative estimate of drug-likeness (QED) is 0.153. The van der Waals surface area contributed by atoms with Gasteiger partial charge in [-0.25, -0.2) is 0 Å². The van der Waals surface area contributed by atoms with Crippen molar-refractivity contribution in [2.24, 2.45) is 5.41 Å². The van der Waals surface area contributed by atoms with Crippen molar-refractivity contribution >= 4 is 44.8 Å². The first-order chi connectivity index (χ1) is 27.0. The topological polar surface area (TPSA) is 150 Å². The zero-order valence-corrected chi connectivity index (χ0v) is 31.9. The van der Waals surface area contributed by atoms with E-state index in [0.717, 1.165) is 36.3 Å². The summed E-state index contributed by atoms with van der Waals surface area (Å²) in [5.74, 6) is 0.657. The number of aromatic nitrogens is 1. The van der Waals surface area contributed by atoms with Crippen LogP contribution in [0.25, 0.3) is 0 Å². The summed E-state index contributed by atoms with van der Waals surface area (Å²) in [6, 6.07) is 19.7. The summed E-state index contributed by atoms with van der Waals surface area (Å²) < 4.78 is 44.8. The van der Waals surface area contributed by atoms with Crippen molar-refractivity contribution in [2.45, 2.75) is 61.9 Å². The maximum absolute atomic E-state index is 14.2. The van der Waals surface area contributed by atoms with E-state index in [-0.39, 0.29) is 17.3 Å². The van der Waals surface area contributed by atoms with Crippen molar-refractivity contribution in [1.82, 2.24) is 9.88 Å². The number of methoxy groups -OCH3 is 1. The van der Waals surface area contributed by atoms with Crippen molar-refractivity contribution in [3.63, 3.8) is 0 Å². The summed E-state index contributed by atoms with van der Waals surface area (Å²) >= 11 is 0. The van der Waals surface area contributed by atoms with Gasteiger partial charge in [-0.05, 0) is 123 Å². The van der Waals surface area contributed by atoms with E-state index < -0.39 is 27.2 Å². The molecule has 0 atom stereocenters. The number of carbonyl (C=O) groups excluding carboxylic acids is 3. The molecule has 290 valence electrons. The molecule has 14 heteroatoms. The fourth-order valence-corrected chi connectivity index (χ4v) is 9.07. The lowest BCUT2D eigenvalue weighted by atomic mass is 9.76. The third-order valence-electron chi connectivity index (χ3n) is 12.0. The Morgan fingerprint density at radius 2 is 1.62 bits per heavy atom. The lowest BCUT2D eigenvalue weighted by molar-refractivity contribution is -0.139. The molecule has 56 heavy (non-hydrogen) atoms. The number of pyridine rings is 1. The summed E-state index contributed by atoms with van der Waals surface area (Å²) in [6.07, 6.45) is 8.68. The van der Waals surface area contributed by atoms with Crippen molar-refractivity contribution in [1.29, 1.82) is 0 Å². The number of hydrogen-bond donors (Lipinski definition) is 1. The molecule has 2 aliphatic carbocycles. The van der Waals surface area contributed by atoms with E-state index in [1.54, 1.807) is 25.6 Å². The third kappa shape index (κ3) is 6.69. The highest BCUT2D eigenvalue weighted by Gasteiger charge is 2.53. The first-order valence-electron chi connectivity index (χ1n) is 19.2. The largest absolute Gasteiger partial charge is 0.493 e. The Kier molecular flexibility index (Phi) is 9.09. The maximum atomic E-state index is 14.2. The molecule has 0 bridgehead atoms. The van der Waals surface area contributed by atoms with Crippen LogP contribution in [-0.4, -0.2) is 86.3 Å². The number of piperidine rings is 1. The molecule has 4 fully saturated rings. The molecule has 1 spiro atoms. The molecular weight excluding hydrogens is 735 g/mol. The molecule has 1 aromatic heterocycles. The summed E-state index contributed by atoms with van der Waals surface area (Å²) in [5.41, 5.74) is 4.21. The van der Waals surface area contributed by atoms with Crippen LogP contribution in [0.1, 0.15) is 65.9 Å². The van der Waals surface area contributed by atoms with E-state index in [1.165, 1.54) is 47.6 Å². The van der Waals surface area contributed by atoms with Gasteiger partial charge < -0.3 is 24.2 Å². The molecule has 0 unspecified atom stereocenters. The van der Waals surface area contributed by atoms with Crippen LogP contribution in [-0.2, 0) is 26.3 Å². The molecule has 3 aliphatic heterocycles. The second kappa shape index (κ2) is 14.0. The number of rotatable bonds is 10. The minimum atomic E-state index is -4.38. The number of benzene rings is 3. The highest BCUT2D eigenvalue weighted by Crippen LogP contribution is 2.48. The Morgan fingerprint density at radius 3 is 2.30 bits per heavy atom. The highest BCUT2D eigenvalue weighted by molar-refractivity contribution is 7.85. The fourth-order valence-electron chi connectivity index (χ4n) is 8.59. The van der Waals surface area contributed by atoms with Gasteiger partial charge in [0.05, 0.1) is 28.8 Å². The Bertz CT molecular complexity index is 2340. The highest BCUT2D eigenvalue weighted by atomic mass is 32.2. The molecule has 13 nitrogen and oxygen atoms in total. The number of likely N-dealkylation sites (tertiary alicyclic amines) is 1. The van der Waals surface area contributed by atoms with E-state index >= 15 is 0 Å². The van der Waals surface area contributed by atoms with Crippen LogP contribution in [0.15, 0.2) is 84.0 Å². The standard InChI is InChI=1S/C42H43N5O8S/c1-54-37-22-28(25-44-18-15-42(16-19-44)26-47(41(50)39(42)48)30-10-12-31(13-11-30)56(51,52)53)32(27-6-7-27)23-38(37)55-36-14-17-43-24-33(36)40(49)46-21-20-45(29-8-9-29)34-4-2-3-5-35(34)46/h2-5,10-14,17,22-24,27,29H,6-9,15-16,18-21,25-26H2,1H3,(H,51,52,53). The zero-order valence-electron chi connectivity index (χ0n) is 31.1. The van der Waals surface area contributed by atoms with E-state index in [9.17, 15) is 27.4 Å². The average Bonchev–Trinajstić information content (AvgIpc) is 4.15. The Balaban J connectivity index is 0.914. The van der Waals surface area contributed by atoms with Crippen LogP contribution in [0.3, 0.4) is 0 Å². The molecule has 4 aromatic rings. The van der Waals surface area contributed by atoms with E-state index in [0.29, 0.717) is 79.5 Å². The third-order valence-corrected chi connectivity index (χ3v) is 12.9. The van der Waals surface area contributed by atoms with Crippen LogP contribution in [0.2, 0.25) is 0 Å². The minimum absolute atomic E-state index is 0.169. The molecule has 2 saturated carbocycles. The summed E-state index contributed by atoms with van der Waals surface area (Å²) in [5, 5.41) is 0. The van der Waals surface area contributed by atoms with Gasteiger partial charge in [-0.15, -0.1) is 0 Å². The van der Waals surface area contributed by atoms with E-state index in [1.807, 2.05) is 35.2 Å². The molecule has 3 aromatic carbocycles. The van der Waals surface area contributed by atoms with Crippen LogP contribution < -0.4 is 24.2 Å². The van der Waals surface area contributed by atoms with Gasteiger partial charge in [0.25, 0.3) is 21.9 Å². The number of hydrogen-bond acceptors (Lipinski definition) is 10. The predicted octanol–water partition coefficient (Wildman–Crippen LogP) is 5.83. The molecule has 4 heterocycles. The SMILES string of the molecule is COc1cc(CN2CCC3(CC2)CN(c2ccc(S(=O)(=O)O)cc2)C(=O)C3=O)c(C2CC2)cc1Oc1ccncc1C(=O)N1CCN(C2CC2)c2ccccc21. The molecule has 5 aliphatic rings. The molecule has 0 radical (unpaired) electrons. The second-order valence-electron chi connectivity index (χ2n) is 15.6. The van der Waals surface area contributed by atoms with Gasteiger partial charge in [0.2, 0.25) is 5.78 Å². The van der Waals surface area contributed by atoms with Crippen LogP contribution in [0.4, 0.5) is 17.1 Å². The van der Waals surface area contributed by atoms with E-state index in [4.69, 9.17) is 9.47 Å². The summed E-state index contributed by atoms with van der Waals surface area (Å²) in [6.45, 7) is 3.41. The van der Waals surface area contributed by atoms with Crippen molar-refractivity contribution < 1.29 is 36.8 Å². The summed E-state index contributed by atoms with van der Waals surface area (Å²) in [7, 11) is -2.78. The van der Waals surface area contributed by atoms with Crippen molar-refractivity contribution in [2.75, 3.05) is 54.5 Å². The summed E-state index contributed by atoms with van der Waals surface area (Å²) in [4.78, 5) is 52.8. The Labute approximate surface area is 325 Å². The number of nitrogens with zero attached hydrogens (tertiary/aromatic N) is 5. The lowest BCUT2D eigenvalue weighted by Gasteiger charge is -2.38. The molecule has 2 amide bonds. The van der Waals surface area contributed by atoms with Gasteiger partial charge in [-0.2, -0.15) is 8.42 Å². The number of ketones is 1. The molecule has 2 saturated heterocycles. The zero-order chi connectivity index (χ0) is 38.8. The normalized spacial score (nSPS) is 19.7. The number of Topliss-reactive ketones (excluding diaryl/α,β-unsaturated/α-hetero) is 1. The van der Waals surface area contributed by atoms with Gasteiger partial charge >= 0.3 is 0 Å². The van der Waals surface area contributed by atoms with E-state index in [2.05, 4.69) is 20.9 Å². The van der Waals surface area contributed by atoms with Crippen LogP contribution in [0.5, 0.6) is 17.2 Å². The molecular formula is C42H43N5O8S. The van der Waals surface area contributed by atoms with Crippen molar-refractivity contribution in [3.8, 4) is 17.2 Å². The number of carbonyl (C=O) groups is 3. The van der Waals surface area contributed by atoms with Gasteiger partial charge in [-0.1, -0.05) is 12.1 Å². The van der Waals surface area contributed by atoms with Gasteiger partial charge in [0, 0.05) is 50.3 Å². The Hall–Kier alpha value is -5.31. The lowest BCUT2D eigenvalue weighted by Crippen LogP contribution is -2.45. The second-order valence-corrected chi connectivity index (χ2v) is 17.0. The molecule has 1 N–H and O–H groups in total. The first kappa shape index (κ1) is 36.3. The average molecular weight is 778 g/mol. The Morgan fingerprint density at radius 1 is 0.893 bits per heavy atom. The van der Waals surface area contributed by atoms with Crippen LogP contribution in [0, 0.1) is 5.41 Å². The molecule has 9 rings (SSSR count). The number of amides is 2. The number of anilines is 3. The van der Waals surface area contributed by atoms with Gasteiger partial charge in [0.1, 0.15) is 11.3 Å². The first-order valence-corrected chi connectivity index (χ1v) is 20.6. The number of fused-ring (bicyclic) bond motifs is 1. The minimum Gasteiger partial charge on any atom is -0.493 e. The smallest absolute Gasteiger partial charge is 0.295 e. The maximum Gasteiger partial charge on any atom is 0.295 e. The van der Waals surface area contributed by atoms with Crippen molar-refractivity contribution in [3.05, 3.63) is 95.8 Å². The monoisotopic (exact) mass is 777 g/mol. The number of para-hydroxylation sites is 2. The fraction of sp³-hybridized carbons (Fsp3) is 0.381. The predicted molar refractivity (Wildman–Crippen MR) is 208 cm³/mol.